The van der Waals surface area contributed by atoms with Gasteiger partial charge in [-0.15, -0.1) is 0 Å². The van der Waals surface area contributed by atoms with Crippen LogP contribution < -0.4 is 0 Å². The van der Waals surface area contributed by atoms with E-state index in [-0.39, 0.29) is 43.7 Å². The zero-order chi connectivity index (χ0) is 14.2. The molecule has 2 nitrogen and oxygen atoms in total. The fraction of sp³-hybridized carbons (Fsp3) is 0.824. The number of ether oxygens (including phenoxy) is 1. The molecular formula is C17H34CaO2. The van der Waals surface area contributed by atoms with E-state index >= 15 is 0 Å². The van der Waals surface area contributed by atoms with Crippen molar-refractivity contribution in [1.82, 2.24) is 0 Å². The molecule has 0 amide bonds. The van der Waals surface area contributed by atoms with E-state index in [0.717, 1.165) is 6.42 Å². The third-order valence-electron chi connectivity index (χ3n) is 3.41. The summed E-state index contributed by atoms with van der Waals surface area (Å²) >= 11 is 0. The Hall–Kier alpha value is 0.470. The van der Waals surface area contributed by atoms with Crippen LogP contribution in [0.15, 0.2) is 12.7 Å². The van der Waals surface area contributed by atoms with Crippen molar-refractivity contribution in [3.05, 3.63) is 12.7 Å². The van der Waals surface area contributed by atoms with Gasteiger partial charge >= 0.3 is 43.7 Å². The molecule has 20 heavy (non-hydrogen) atoms. The van der Waals surface area contributed by atoms with E-state index in [1.807, 2.05) is 0 Å². The normalized spacial score (nSPS) is 9.85. The number of rotatable bonds is 14. The van der Waals surface area contributed by atoms with Crippen LogP contribution in [-0.2, 0) is 9.53 Å². The van der Waals surface area contributed by atoms with Crippen LogP contribution in [0.2, 0.25) is 0 Å². The van der Waals surface area contributed by atoms with Crippen molar-refractivity contribution in [3.63, 3.8) is 0 Å². The Morgan fingerprint density at radius 2 is 1.25 bits per heavy atom. The topological polar surface area (TPSA) is 26.3 Å². The second-order valence-corrected chi connectivity index (χ2v) is 5.26. The van der Waals surface area contributed by atoms with E-state index in [0.29, 0.717) is 6.61 Å². The van der Waals surface area contributed by atoms with Crippen molar-refractivity contribution < 1.29 is 9.53 Å². The number of hydrogen-bond donors (Lipinski definition) is 0. The first kappa shape index (κ1) is 22.7. The Bertz CT molecular complexity index is 217. The Balaban J connectivity index is 0. The summed E-state index contributed by atoms with van der Waals surface area (Å²) in [5.41, 5.74) is 0. The summed E-state index contributed by atoms with van der Waals surface area (Å²) in [5, 5.41) is 0. The maximum atomic E-state index is 10.8. The summed E-state index contributed by atoms with van der Waals surface area (Å²) in [6, 6.07) is 0. The molecule has 0 aromatic rings. The van der Waals surface area contributed by atoms with Crippen LogP contribution in [-0.4, -0.2) is 50.3 Å². The molecule has 0 spiro atoms. The summed E-state index contributed by atoms with van der Waals surface area (Å²) in [4.78, 5) is 10.8. The van der Waals surface area contributed by atoms with E-state index in [4.69, 9.17) is 4.74 Å². The van der Waals surface area contributed by atoms with E-state index in [1.54, 1.807) is 0 Å². The van der Waals surface area contributed by atoms with Gasteiger partial charge in [-0.3, -0.25) is 0 Å². The van der Waals surface area contributed by atoms with Gasteiger partial charge in [0.15, 0.2) is 0 Å². The van der Waals surface area contributed by atoms with Crippen LogP contribution in [0.3, 0.4) is 0 Å². The molecule has 0 atom stereocenters. The SMILES string of the molecule is C=CC(=O)OCCCCCCCCCCCCCC.[CaH2]. The van der Waals surface area contributed by atoms with Gasteiger partial charge in [0.25, 0.3) is 0 Å². The molecular weight excluding hydrogens is 276 g/mol. The van der Waals surface area contributed by atoms with Gasteiger partial charge < -0.3 is 4.74 Å². The minimum absolute atomic E-state index is 0. The molecule has 0 aliphatic rings. The van der Waals surface area contributed by atoms with Crippen molar-refractivity contribution in [3.8, 4) is 0 Å². The first-order valence-corrected chi connectivity index (χ1v) is 8.10. The van der Waals surface area contributed by atoms with Crippen LogP contribution in [0.1, 0.15) is 84.0 Å². The molecule has 0 aliphatic heterocycles. The van der Waals surface area contributed by atoms with Crippen LogP contribution in [0, 0.1) is 0 Å². The molecule has 0 saturated carbocycles. The molecule has 0 N–H and O–H groups in total. The minimum atomic E-state index is -0.303. The van der Waals surface area contributed by atoms with Crippen LogP contribution in [0.4, 0.5) is 0 Å². The number of carbonyl (C=O) groups excluding carboxylic acids is 1. The Morgan fingerprint density at radius 3 is 1.65 bits per heavy atom. The molecule has 0 rings (SSSR count). The summed E-state index contributed by atoms with van der Waals surface area (Å²) < 4.78 is 4.93. The second-order valence-electron chi connectivity index (χ2n) is 5.26. The molecule has 116 valence electrons. The molecule has 0 aromatic heterocycles. The van der Waals surface area contributed by atoms with E-state index in [2.05, 4.69) is 13.5 Å². The molecule has 0 heterocycles. The Kier molecular flexibility index (Phi) is 22.1. The summed E-state index contributed by atoms with van der Waals surface area (Å²) in [6.07, 6.45) is 17.1. The van der Waals surface area contributed by atoms with Gasteiger partial charge in [0.1, 0.15) is 0 Å². The number of esters is 1. The average Bonchev–Trinajstić information content (AvgIpc) is 2.43. The second kappa shape index (κ2) is 19.5. The van der Waals surface area contributed by atoms with Gasteiger partial charge in [0.05, 0.1) is 6.61 Å². The van der Waals surface area contributed by atoms with Gasteiger partial charge in [-0.2, -0.15) is 0 Å². The van der Waals surface area contributed by atoms with Crippen molar-refractivity contribution in [2.24, 2.45) is 0 Å². The van der Waals surface area contributed by atoms with Gasteiger partial charge in [-0.05, 0) is 6.42 Å². The van der Waals surface area contributed by atoms with Gasteiger partial charge in [-0.1, -0.05) is 84.1 Å². The number of hydrogen-bond acceptors (Lipinski definition) is 2. The van der Waals surface area contributed by atoms with Crippen LogP contribution in [0.25, 0.3) is 0 Å². The van der Waals surface area contributed by atoms with Crippen molar-refractivity contribution in [1.29, 1.82) is 0 Å². The Morgan fingerprint density at radius 1 is 0.850 bits per heavy atom. The van der Waals surface area contributed by atoms with Gasteiger partial charge in [0.2, 0.25) is 0 Å². The summed E-state index contributed by atoms with van der Waals surface area (Å²) in [5.74, 6) is -0.303. The first-order valence-electron chi connectivity index (χ1n) is 8.10. The van der Waals surface area contributed by atoms with Crippen LogP contribution >= 0.6 is 0 Å². The predicted octanol–water partition coefficient (Wildman–Crippen LogP) is 4.50. The third kappa shape index (κ3) is 18.5. The predicted molar refractivity (Wildman–Crippen MR) is 90.8 cm³/mol. The summed E-state index contributed by atoms with van der Waals surface area (Å²) in [7, 11) is 0. The van der Waals surface area contributed by atoms with Crippen molar-refractivity contribution in [2.75, 3.05) is 6.61 Å². The van der Waals surface area contributed by atoms with Gasteiger partial charge in [0, 0.05) is 6.08 Å². The summed E-state index contributed by atoms with van der Waals surface area (Å²) in [6.45, 7) is 6.17. The molecule has 0 fully saturated rings. The first-order chi connectivity index (χ1) is 9.31. The molecule has 0 unspecified atom stereocenters. The van der Waals surface area contributed by atoms with Crippen molar-refractivity contribution in [2.45, 2.75) is 84.0 Å². The standard InChI is InChI=1S/C17H32O2.Ca.2H/c1-3-5-6-7-8-9-10-11-12-13-14-15-16-19-17(18)4-2;;;/h4H,2-3,5-16H2,1H3;;;. The molecule has 0 aromatic carbocycles. The molecule has 0 saturated heterocycles. The molecule has 3 heteroatoms. The fourth-order valence-corrected chi connectivity index (χ4v) is 2.17. The molecule has 0 bridgehead atoms. The maximum absolute atomic E-state index is 10.8. The zero-order valence-electron chi connectivity index (χ0n) is 12.8. The molecule has 0 aliphatic carbocycles. The average molecular weight is 311 g/mol. The Labute approximate surface area is 155 Å². The third-order valence-corrected chi connectivity index (χ3v) is 3.41. The zero-order valence-corrected chi connectivity index (χ0v) is 12.8. The fourth-order valence-electron chi connectivity index (χ4n) is 2.17. The quantitative estimate of drug-likeness (QED) is 0.204. The number of unbranched alkanes of at least 4 members (excludes halogenated alkanes) is 11. The van der Waals surface area contributed by atoms with E-state index in [9.17, 15) is 4.79 Å². The number of carbonyl (C=O) groups is 1. The monoisotopic (exact) mass is 310 g/mol. The van der Waals surface area contributed by atoms with Crippen LogP contribution in [0.5, 0.6) is 0 Å². The van der Waals surface area contributed by atoms with E-state index in [1.165, 1.54) is 76.7 Å². The van der Waals surface area contributed by atoms with Gasteiger partial charge in [-0.25, -0.2) is 4.79 Å². The molecule has 0 radical (unpaired) electrons. The van der Waals surface area contributed by atoms with Crippen molar-refractivity contribution >= 4 is 43.7 Å². The van der Waals surface area contributed by atoms with E-state index < -0.39 is 0 Å².